The van der Waals surface area contributed by atoms with Gasteiger partial charge in [-0.1, -0.05) is 19.1 Å². The van der Waals surface area contributed by atoms with Crippen molar-refractivity contribution in [3.63, 3.8) is 0 Å². The molecule has 23 heavy (non-hydrogen) atoms. The van der Waals surface area contributed by atoms with Gasteiger partial charge in [0.2, 0.25) is 15.9 Å². The van der Waals surface area contributed by atoms with Crippen molar-refractivity contribution in [2.45, 2.75) is 38.6 Å². The van der Waals surface area contributed by atoms with Crippen LogP contribution in [0.5, 0.6) is 0 Å². The zero-order chi connectivity index (χ0) is 17.0. The number of rotatable bonds is 5. The normalized spacial score (nSPS) is 18.7. The van der Waals surface area contributed by atoms with Crippen molar-refractivity contribution in [3.8, 4) is 0 Å². The molecule has 0 saturated carbocycles. The number of para-hydroxylation sites is 1. The lowest BCUT2D eigenvalue weighted by atomic mass is 10.00. The van der Waals surface area contributed by atoms with Gasteiger partial charge in [0.15, 0.2) is 0 Å². The van der Waals surface area contributed by atoms with Crippen LogP contribution in [0.2, 0.25) is 0 Å². The molecule has 0 bridgehead atoms. The number of piperidine rings is 1. The molecule has 1 aliphatic rings. The minimum absolute atomic E-state index is 0.0894. The summed E-state index contributed by atoms with van der Waals surface area (Å²) >= 11 is 0. The molecular formula is C16H23FN2O3S. The Kier molecular flexibility index (Phi) is 5.62. The van der Waals surface area contributed by atoms with Crippen molar-refractivity contribution in [1.29, 1.82) is 0 Å². The molecule has 2 rings (SSSR count). The van der Waals surface area contributed by atoms with E-state index >= 15 is 0 Å². The highest BCUT2D eigenvalue weighted by molar-refractivity contribution is 7.92. The van der Waals surface area contributed by atoms with E-state index in [0.717, 1.165) is 36.2 Å². The van der Waals surface area contributed by atoms with Crippen molar-refractivity contribution in [2.75, 3.05) is 23.7 Å². The summed E-state index contributed by atoms with van der Waals surface area (Å²) in [6.45, 7) is 2.28. The number of halogens is 1. The first-order valence-corrected chi connectivity index (χ1v) is 9.71. The number of nitrogens with zero attached hydrogens (tertiary/aromatic N) is 2. The number of hydrogen-bond acceptors (Lipinski definition) is 3. The first-order valence-electron chi connectivity index (χ1n) is 7.86. The first-order chi connectivity index (χ1) is 10.8. The van der Waals surface area contributed by atoms with Gasteiger partial charge in [-0.25, -0.2) is 12.8 Å². The number of carbonyl (C=O) groups is 1. The van der Waals surface area contributed by atoms with Crippen LogP contribution in [0.4, 0.5) is 10.1 Å². The predicted octanol–water partition coefficient (Wildman–Crippen LogP) is 2.38. The van der Waals surface area contributed by atoms with Crippen LogP contribution in [-0.4, -0.2) is 44.6 Å². The van der Waals surface area contributed by atoms with Crippen LogP contribution in [0.3, 0.4) is 0 Å². The Morgan fingerprint density at radius 1 is 1.35 bits per heavy atom. The highest BCUT2D eigenvalue weighted by Gasteiger charge is 2.30. The Hall–Kier alpha value is -1.63. The van der Waals surface area contributed by atoms with E-state index in [1.807, 2.05) is 6.92 Å². The van der Waals surface area contributed by atoms with Crippen LogP contribution in [0.25, 0.3) is 0 Å². The minimum Gasteiger partial charge on any atom is -0.338 e. The Balaban J connectivity index is 2.25. The Bertz CT molecular complexity index is 663. The highest BCUT2D eigenvalue weighted by atomic mass is 32.2. The molecule has 1 unspecified atom stereocenters. The summed E-state index contributed by atoms with van der Waals surface area (Å²) < 4.78 is 38.9. The molecule has 1 fully saturated rings. The molecule has 1 heterocycles. The van der Waals surface area contributed by atoms with Crippen LogP contribution < -0.4 is 4.31 Å². The molecule has 1 aliphatic heterocycles. The Labute approximate surface area is 137 Å². The summed E-state index contributed by atoms with van der Waals surface area (Å²) in [7, 11) is -3.75. The van der Waals surface area contributed by atoms with Gasteiger partial charge in [0, 0.05) is 12.6 Å². The monoisotopic (exact) mass is 342 g/mol. The van der Waals surface area contributed by atoms with E-state index in [0.29, 0.717) is 6.54 Å². The third kappa shape index (κ3) is 4.22. The van der Waals surface area contributed by atoms with E-state index in [-0.39, 0.29) is 24.2 Å². The van der Waals surface area contributed by atoms with Crippen LogP contribution in [0, 0.1) is 5.82 Å². The lowest BCUT2D eigenvalue weighted by molar-refractivity contribution is -0.133. The largest absolute Gasteiger partial charge is 0.338 e. The number of sulfonamides is 1. The summed E-state index contributed by atoms with van der Waals surface area (Å²) in [5, 5.41) is 0. The summed E-state index contributed by atoms with van der Waals surface area (Å²) in [5.41, 5.74) is -0.0894. The van der Waals surface area contributed by atoms with E-state index in [4.69, 9.17) is 0 Å². The van der Waals surface area contributed by atoms with Gasteiger partial charge in [0.25, 0.3) is 0 Å². The number of likely N-dealkylation sites (tertiary alicyclic amines) is 1. The number of hydrogen-bond donors (Lipinski definition) is 0. The second-order valence-corrected chi connectivity index (χ2v) is 7.77. The summed E-state index contributed by atoms with van der Waals surface area (Å²) in [5.74, 6) is -0.929. The zero-order valence-electron chi connectivity index (χ0n) is 13.5. The topological polar surface area (TPSA) is 57.7 Å². The molecule has 1 amide bonds. The zero-order valence-corrected chi connectivity index (χ0v) is 14.4. The van der Waals surface area contributed by atoms with E-state index < -0.39 is 15.8 Å². The van der Waals surface area contributed by atoms with Crippen LogP contribution >= 0.6 is 0 Å². The third-order valence-corrected chi connectivity index (χ3v) is 5.35. The molecular weight excluding hydrogens is 319 g/mol. The average molecular weight is 342 g/mol. The number of carbonyl (C=O) groups excluding carboxylic acids is 1. The van der Waals surface area contributed by atoms with Gasteiger partial charge in [-0.05, 0) is 37.8 Å². The number of benzene rings is 1. The maximum Gasteiger partial charge on any atom is 0.243 e. The van der Waals surface area contributed by atoms with Crippen molar-refractivity contribution < 1.29 is 17.6 Å². The van der Waals surface area contributed by atoms with Gasteiger partial charge < -0.3 is 4.90 Å². The molecule has 0 N–H and O–H groups in total. The molecule has 1 aromatic rings. The third-order valence-electron chi connectivity index (χ3n) is 4.22. The number of amides is 1. The standard InChI is InChI=1S/C16H23FN2O3S/c1-3-13-8-6-7-11-18(13)16(20)12-19(23(2,21)22)15-10-5-4-9-14(15)17/h4-5,9-10,13H,3,6-8,11-12H2,1-2H3. The SMILES string of the molecule is CCC1CCCCN1C(=O)CN(c1ccccc1F)S(C)(=O)=O. The second kappa shape index (κ2) is 7.29. The highest BCUT2D eigenvalue weighted by Crippen LogP contribution is 2.24. The molecule has 0 aliphatic carbocycles. The van der Waals surface area contributed by atoms with Crippen molar-refractivity contribution in [1.82, 2.24) is 4.90 Å². The summed E-state index contributed by atoms with van der Waals surface area (Å²) in [6, 6.07) is 5.74. The van der Waals surface area contributed by atoms with Gasteiger partial charge >= 0.3 is 0 Å². The molecule has 1 saturated heterocycles. The average Bonchev–Trinajstić information content (AvgIpc) is 2.52. The van der Waals surface area contributed by atoms with E-state index in [2.05, 4.69) is 0 Å². The molecule has 0 radical (unpaired) electrons. The molecule has 7 heteroatoms. The summed E-state index contributed by atoms with van der Waals surface area (Å²) in [4.78, 5) is 14.3. The van der Waals surface area contributed by atoms with Gasteiger partial charge in [-0.3, -0.25) is 9.10 Å². The number of anilines is 1. The van der Waals surface area contributed by atoms with Crippen molar-refractivity contribution >= 4 is 21.6 Å². The second-order valence-electron chi connectivity index (χ2n) is 5.87. The Morgan fingerprint density at radius 3 is 2.65 bits per heavy atom. The van der Waals surface area contributed by atoms with E-state index in [9.17, 15) is 17.6 Å². The van der Waals surface area contributed by atoms with Gasteiger partial charge in [-0.2, -0.15) is 0 Å². The molecule has 5 nitrogen and oxygen atoms in total. The van der Waals surface area contributed by atoms with Crippen LogP contribution in [0.1, 0.15) is 32.6 Å². The van der Waals surface area contributed by atoms with Crippen LogP contribution in [0.15, 0.2) is 24.3 Å². The van der Waals surface area contributed by atoms with Gasteiger partial charge in [0.1, 0.15) is 12.4 Å². The Morgan fingerprint density at radius 2 is 2.04 bits per heavy atom. The predicted molar refractivity (Wildman–Crippen MR) is 88.2 cm³/mol. The van der Waals surface area contributed by atoms with Gasteiger partial charge in [0.05, 0.1) is 11.9 Å². The van der Waals surface area contributed by atoms with Gasteiger partial charge in [-0.15, -0.1) is 0 Å². The van der Waals surface area contributed by atoms with Crippen molar-refractivity contribution in [2.24, 2.45) is 0 Å². The lowest BCUT2D eigenvalue weighted by Gasteiger charge is -2.36. The lowest BCUT2D eigenvalue weighted by Crippen LogP contribution is -2.49. The molecule has 0 spiro atoms. The quantitative estimate of drug-likeness (QED) is 0.825. The molecule has 1 aromatic carbocycles. The molecule has 0 aromatic heterocycles. The fourth-order valence-electron chi connectivity index (χ4n) is 3.00. The molecule has 1 atom stereocenters. The molecule has 128 valence electrons. The first kappa shape index (κ1) is 17.7. The minimum atomic E-state index is -3.75. The fraction of sp³-hybridized carbons (Fsp3) is 0.562. The fourth-order valence-corrected chi connectivity index (χ4v) is 3.85. The maximum absolute atomic E-state index is 14.0. The van der Waals surface area contributed by atoms with Crippen LogP contribution in [-0.2, 0) is 14.8 Å². The van der Waals surface area contributed by atoms with E-state index in [1.54, 1.807) is 11.0 Å². The summed E-state index contributed by atoms with van der Waals surface area (Å²) in [6.07, 6.45) is 4.75. The smallest absolute Gasteiger partial charge is 0.243 e. The van der Waals surface area contributed by atoms with Crippen molar-refractivity contribution in [3.05, 3.63) is 30.1 Å². The maximum atomic E-state index is 14.0. The van der Waals surface area contributed by atoms with E-state index in [1.165, 1.54) is 18.2 Å².